The lowest BCUT2D eigenvalue weighted by molar-refractivity contribution is -0.137. The molecule has 0 saturated carbocycles. The predicted molar refractivity (Wildman–Crippen MR) is 56.5 cm³/mol. The van der Waals surface area contributed by atoms with Crippen molar-refractivity contribution in [1.29, 1.82) is 0 Å². The van der Waals surface area contributed by atoms with Crippen LogP contribution in [-0.2, 0) is 9.59 Å². The van der Waals surface area contributed by atoms with Gasteiger partial charge in [-0.1, -0.05) is 6.08 Å². The van der Waals surface area contributed by atoms with Gasteiger partial charge < -0.3 is 10.2 Å². The monoisotopic (exact) mass is 223 g/mol. The first kappa shape index (κ1) is 10.9. The Kier molecular flexibility index (Phi) is 2.77. The van der Waals surface area contributed by atoms with Crippen LogP contribution in [0.5, 0.6) is 0 Å². The molecular weight excluding hydrogens is 210 g/mol. The van der Waals surface area contributed by atoms with Crippen molar-refractivity contribution in [3.8, 4) is 0 Å². The first-order valence-electron chi connectivity index (χ1n) is 5.33. The molecule has 1 aliphatic carbocycles. The summed E-state index contributed by atoms with van der Waals surface area (Å²) < 4.78 is 0. The molecule has 0 aromatic carbocycles. The Hall–Kier alpha value is -1.65. The van der Waals surface area contributed by atoms with E-state index in [0.717, 1.165) is 24.8 Å². The Morgan fingerprint density at radius 2 is 2.19 bits per heavy atom. The maximum atomic E-state index is 11.0. The Balaban J connectivity index is 2.28. The number of hydrogen-bond acceptors (Lipinski definition) is 3. The number of carboxylic acids is 2. The van der Waals surface area contributed by atoms with Gasteiger partial charge >= 0.3 is 11.9 Å². The molecule has 2 atom stereocenters. The first-order valence-corrected chi connectivity index (χ1v) is 5.33. The van der Waals surface area contributed by atoms with E-state index in [4.69, 9.17) is 10.2 Å². The standard InChI is InChI=1S/C11H13NO4/c13-9(14)5-8-6-3-1-2-4-7(6)10(12-8)11(15)16/h4,6,8H,1-3,5H2,(H,13,14)(H,15,16). The summed E-state index contributed by atoms with van der Waals surface area (Å²) in [5.74, 6) is -1.98. The lowest BCUT2D eigenvalue weighted by atomic mass is 9.82. The van der Waals surface area contributed by atoms with Crippen LogP contribution in [0.4, 0.5) is 0 Å². The molecule has 86 valence electrons. The van der Waals surface area contributed by atoms with Gasteiger partial charge in [0.2, 0.25) is 0 Å². The Morgan fingerprint density at radius 1 is 1.44 bits per heavy atom. The number of aliphatic carboxylic acids is 2. The van der Waals surface area contributed by atoms with Gasteiger partial charge in [0.05, 0.1) is 12.5 Å². The summed E-state index contributed by atoms with van der Waals surface area (Å²) in [7, 11) is 0. The van der Waals surface area contributed by atoms with Gasteiger partial charge in [0, 0.05) is 5.92 Å². The number of hydrogen-bond donors (Lipinski definition) is 2. The Labute approximate surface area is 92.5 Å². The lowest BCUT2D eigenvalue weighted by Crippen LogP contribution is -2.22. The molecule has 0 fully saturated rings. The van der Waals surface area contributed by atoms with Crippen molar-refractivity contribution in [3.05, 3.63) is 11.6 Å². The fourth-order valence-corrected chi connectivity index (χ4v) is 2.45. The maximum absolute atomic E-state index is 11.0. The number of allylic oxidation sites excluding steroid dienone is 1. The van der Waals surface area contributed by atoms with Crippen LogP contribution in [0, 0.1) is 5.92 Å². The van der Waals surface area contributed by atoms with Gasteiger partial charge in [-0.25, -0.2) is 4.79 Å². The minimum absolute atomic E-state index is 0.00375. The number of carbonyl (C=O) groups is 2. The van der Waals surface area contributed by atoms with Gasteiger partial charge in [-0.05, 0) is 24.8 Å². The van der Waals surface area contributed by atoms with E-state index in [2.05, 4.69) is 4.99 Å². The molecule has 0 aromatic rings. The van der Waals surface area contributed by atoms with Crippen LogP contribution >= 0.6 is 0 Å². The third kappa shape index (κ3) is 1.85. The highest BCUT2D eigenvalue weighted by Crippen LogP contribution is 2.36. The zero-order chi connectivity index (χ0) is 11.7. The van der Waals surface area contributed by atoms with Gasteiger partial charge in [-0.3, -0.25) is 9.79 Å². The van der Waals surface area contributed by atoms with E-state index in [-0.39, 0.29) is 18.1 Å². The van der Waals surface area contributed by atoms with E-state index in [1.165, 1.54) is 0 Å². The fraction of sp³-hybridized carbons (Fsp3) is 0.545. The van der Waals surface area contributed by atoms with Crippen LogP contribution < -0.4 is 0 Å². The van der Waals surface area contributed by atoms with E-state index >= 15 is 0 Å². The highest BCUT2D eigenvalue weighted by molar-refractivity contribution is 6.43. The van der Waals surface area contributed by atoms with Crippen LogP contribution in [0.1, 0.15) is 25.7 Å². The summed E-state index contributed by atoms with van der Waals surface area (Å²) in [6.07, 6.45) is 4.48. The van der Waals surface area contributed by atoms with Gasteiger partial charge in [0.25, 0.3) is 0 Å². The smallest absolute Gasteiger partial charge is 0.354 e. The highest BCUT2D eigenvalue weighted by Gasteiger charge is 2.38. The molecule has 2 aliphatic rings. The molecule has 0 bridgehead atoms. The second-order valence-electron chi connectivity index (χ2n) is 4.14. The van der Waals surface area contributed by atoms with E-state index in [0.29, 0.717) is 0 Å². The van der Waals surface area contributed by atoms with Crippen molar-refractivity contribution in [2.45, 2.75) is 31.7 Å². The molecule has 0 saturated heterocycles. The SMILES string of the molecule is O=C(O)CC1N=C(C(=O)O)C2=CCCCC21. The van der Waals surface area contributed by atoms with Gasteiger partial charge in [0.15, 0.2) is 0 Å². The summed E-state index contributed by atoms with van der Waals surface area (Å²) in [5, 5.41) is 17.7. The normalized spacial score (nSPS) is 28.0. The van der Waals surface area contributed by atoms with Crippen LogP contribution in [-0.4, -0.2) is 33.9 Å². The second-order valence-corrected chi connectivity index (χ2v) is 4.14. The fourth-order valence-electron chi connectivity index (χ4n) is 2.45. The molecule has 5 heteroatoms. The first-order chi connectivity index (χ1) is 7.59. The minimum atomic E-state index is -1.05. The van der Waals surface area contributed by atoms with Crippen LogP contribution in [0.15, 0.2) is 16.6 Å². The number of fused-ring (bicyclic) bond motifs is 1. The molecule has 2 unspecified atom stereocenters. The predicted octanol–water partition coefficient (Wildman–Crippen LogP) is 1.10. The average molecular weight is 223 g/mol. The van der Waals surface area contributed by atoms with Crippen LogP contribution in [0.3, 0.4) is 0 Å². The quantitative estimate of drug-likeness (QED) is 0.749. The van der Waals surface area contributed by atoms with Crippen LogP contribution in [0.25, 0.3) is 0 Å². The van der Waals surface area contributed by atoms with E-state index < -0.39 is 18.0 Å². The zero-order valence-electron chi connectivity index (χ0n) is 8.72. The topological polar surface area (TPSA) is 87.0 Å². The minimum Gasteiger partial charge on any atom is -0.481 e. The van der Waals surface area contributed by atoms with Gasteiger partial charge in [0.1, 0.15) is 5.71 Å². The van der Waals surface area contributed by atoms with Crippen molar-refractivity contribution in [1.82, 2.24) is 0 Å². The largest absolute Gasteiger partial charge is 0.481 e. The maximum Gasteiger partial charge on any atom is 0.354 e. The second kappa shape index (κ2) is 4.08. The molecule has 1 aliphatic heterocycles. The Bertz CT molecular complexity index is 397. The highest BCUT2D eigenvalue weighted by atomic mass is 16.4. The van der Waals surface area contributed by atoms with Crippen molar-refractivity contribution in [3.63, 3.8) is 0 Å². The summed E-state index contributed by atoms with van der Waals surface area (Å²) in [6.45, 7) is 0. The average Bonchev–Trinajstić information content (AvgIpc) is 2.57. The van der Waals surface area contributed by atoms with Gasteiger partial charge in [-0.15, -0.1) is 0 Å². The third-order valence-electron chi connectivity index (χ3n) is 3.10. The number of nitrogens with zero attached hydrogens (tertiary/aromatic N) is 1. The summed E-state index contributed by atoms with van der Waals surface area (Å²) in [5.41, 5.74) is 0.806. The number of aliphatic imine (C=N–C) groups is 1. The molecule has 0 radical (unpaired) electrons. The molecule has 5 nitrogen and oxygen atoms in total. The third-order valence-corrected chi connectivity index (χ3v) is 3.10. The zero-order valence-corrected chi connectivity index (χ0v) is 8.72. The van der Waals surface area contributed by atoms with E-state index in [9.17, 15) is 9.59 Å². The summed E-state index contributed by atoms with van der Waals surface area (Å²) >= 11 is 0. The van der Waals surface area contributed by atoms with Crippen molar-refractivity contribution >= 4 is 17.7 Å². The van der Waals surface area contributed by atoms with Crippen molar-refractivity contribution < 1.29 is 19.8 Å². The molecular formula is C11H13NO4. The van der Waals surface area contributed by atoms with E-state index in [1.807, 2.05) is 6.08 Å². The summed E-state index contributed by atoms with van der Waals surface area (Å²) in [6, 6.07) is -0.393. The Morgan fingerprint density at radius 3 is 2.81 bits per heavy atom. The number of carboxylic acid groups (broad SMARTS) is 2. The van der Waals surface area contributed by atoms with Crippen molar-refractivity contribution in [2.75, 3.05) is 0 Å². The number of rotatable bonds is 3. The van der Waals surface area contributed by atoms with Crippen LogP contribution in [0.2, 0.25) is 0 Å². The molecule has 0 aromatic heterocycles. The molecule has 0 spiro atoms. The molecule has 0 amide bonds. The molecule has 16 heavy (non-hydrogen) atoms. The van der Waals surface area contributed by atoms with Crippen molar-refractivity contribution in [2.24, 2.45) is 10.9 Å². The lowest BCUT2D eigenvalue weighted by Gasteiger charge is -2.21. The summed E-state index contributed by atoms with van der Waals surface area (Å²) in [4.78, 5) is 25.7. The molecule has 1 heterocycles. The molecule has 2 rings (SSSR count). The van der Waals surface area contributed by atoms with Gasteiger partial charge in [-0.2, -0.15) is 0 Å². The molecule has 2 N–H and O–H groups in total. The van der Waals surface area contributed by atoms with E-state index in [1.54, 1.807) is 0 Å².